The minimum atomic E-state index is -0.662. The number of hydrogen-bond donors (Lipinski definition) is 2. The molecule has 0 aliphatic rings. The summed E-state index contributed by atoms with van der Waals surface area (Å²) in [5.41, 5.74) is 0.351. The molecule has 0 saturated carbocycles. The van der Waals surface area contributed by atoms with Crippen LogP contribution in [0.1, 0.15) is 49.4 Å². The third-order valence-electron chi connectivity index (χ3n) is 3.85. The van der Waals surface area contributed by atoms with E-state index in [1.165, 1.54) is 18.2 Å². The lowest BCUT2D eigenvalue weighted by Crippen LogP contribution is -2.20. The molecule has 1 heterocycles. The van der Waals surface area contributed by atoms with Crippen molar-refractivity contribution in [1.82, 2.24) is 9.97 Å². The Morgan fingerprint density at radius 2 is 1.96 bits per heavy atom. The summed E-state index contributed by atoms with van der Waals surface area (Å²) >= 11 is 0. The third-order valence-corrected chi connectivity index (χ3v) is 3.85. The van der Waals surface area contributed by atoms with E-state index in [1.54, 1.807) is 13.8 Å². The summed E-state index contributed by atoms with van der Waals surface area (Å²) in [6.45, 7) is 5.98. The zero-order valence-electron chi connectivity index (χ0n) is 13.5. The predicted octanol–water partition coefficient (Wildman–Crippen LogP) is 3.72. The number of nitrogens with one attached hydrogen (secondary N) is 2. The molecule has 0 bridgehead atoms. The second kappa shape index (κ2) is 7.35. The van der Waals surface area contributed by atoms with Gasteiger partial charge in [0, 0.05) is 23.6 Å². The molecule has 2 aromatic rings. The number of nitrogens with zero attached hydrogens (tertiary/aromatic N) is 1. The van der Waals surface area contributed by atoms with E-state index in [9.17, 15) is 13.6 Å². The average molecular weight is 321 g/mol. The molecule has 4 nitrogen and oxygen atoms in total. The molecule has 23 heavy (non-hydrogen) atoms. The lowest BCUT2D eigenvalue weighted by Gasteiger charge is -2.16. The fourth-order valence-corrected chi connectivity index (χ4v) is 2.50. The quantitative estimate of drug-likeness (QED) is 0.797. The standard InChI is InChI=1S/C17H21F2N3O/c1-4-5-9-20-17-21-15(11(3)16(23)22-17)10(2)14-12(18)7-6-8-13(14)19/h6-8,10H,4-5,9H2,1-3H3,(H2,20,21,22,23). The maximum absolute atomic E-state index is 14.0. The number of rotatable bonds is 6. The fourth-order valence-electron chi connectivity index (χ4n) is 2.50. The largest absolute Gasteiger partial charge is 0.356 e. The number of hydrogen-bond acceptors (Lipinski definition) is 3. The van der Waals surface area contributed by atoms with E-state index in [0.29, 0.717) is 23.8 Å². The van der Waals surface area contributed by atoms with Crippen LogP contribution in [-0.4, -0.2) is 16.5 Å². The zero-order chi connectivity index (χ0) is 17.0. The zero-order valence-corrected chi connectivity index (χ0v) is 13.5. The molecule has 1 unspecified atom stereocenters. The van der Waals surface area contributed by atoms with Gasteiger partial charge in [-0.1, -0.05) is 26.3 Å². The van der Waals surface area contributed by atoms with Gasteiger partial charge in [0.2, 0.25) is 5.95 Å². The average Bonchev–Trinajstić information content (AvgIpc) is 2.50. The third kappa shape index (κ3) is 3.75. The molecule has 124 valence electrons. The van der Waals surface area contributed by atoms with Crippen molar-refractivity contribution in [3.05, 3.63) is 57.0 Å². The Labute approximate surface area is 134 Å². The second-order valence-electron chi connectivity index (χ2n) is 5.56. The van der Waals surface area contributed by atoms with Gasteiger partial charge in [-0.25, -0.2) is 13.8 Å². The van der Waals surface area contributed by atoms with Crippen molar-refractivity contribution < 1.29 is 8.78 Å². The summed E-state index contributed by atoms with van der Waals surface area (Å²) in [6, 6.07) is 3.73. The summed E-state index contributed by atoms with van der Waals surface area (Å²) in [7, 11) is 0. The highest BCUT2D eigenvalue weighted by atomic mass is 19.1. The second-order valence-corrected chi connectivity index (χ2v) is 5.56. The van der Waals surface area contributed by atoms with Crippen LogP contribution in [0.3, 0.4) is 0 Å². The fraction of sp³-hybridized carbons (Fsp3) is 0.412. The van der Waals surface area contributed by atoms with Crippen LogP contribution in [0.2, 0.25) is 0 Å². The Kier molecular flexibility index (Phi) is 5.47. The van der Waals surface area contributed by atoms with Crippen LogP contribution in [-0.2, 0) is 0 Å². The van der Waals surface area contributed by atoms with Gasteiger partial charge in [-0.05, 0) is 25.5 Å². The molecule has 0 spiro atoms. The minimum Gasteiger partial charge on any atom is -0.356 e. The van der Waals surface area contributed by atoms with Gasteiger partial charge in [0.25, 0.3) is 5.56 Å². The van der Waals surface area contributed by atoms with Crippen molar-refractivity contribution in [1.29, 1.82) is 0 Å². The number of benzene rings is 1. The normalized spacial score (nSPS) is 12.2. The van der Waals surface area contributed by atoms with Crippen LogP contribution in [0.5, 0.6) is 0 Å². The Bertz CT molecular complexity index is 723. The number of anilines is 1. The van der Waals surface area contributed by atoms with Crippen LogP contribution in [0, 0.1) is 18.6 Å². The number of unbranched alkanes of at least 4 members (excludes halogenated alkanes) is 1. The summed E-state index contributed by atoms with van der Waals surface area (Å²) in [4.78, 5) is 19.1. The van der Waals surface area contributed by atoms with E-state index in [2.05, 4.69) is 22.2 Å². The van der Waals surface area contributed by atoms with Crippen LogP contribution in [0.25, 0.3) is 0 Å². The number of aromatic nitrogens is 2. The molecule has 0 amide bonds. The summed E-state index contributed by atoms with van der Waals surface area (Å²) in [5.74, 6) is -1.61. The van der Waals surface area contributed by atoms with Gasteiger partial charge in [-0.15, -0.1) is 0 Å². The maximum Gasteiger partial charge on any atom is 0.255 e. The molecule has 2 rings (SSSR count). The highest BCUT2D eigenvalue weighted by molar-refractivity contribution is 5.37. The van der Waals surface area contributed by atoms with Gasteiger partial charge in [0.15, 0.2) is 0 Å². The van der Waals surface area contributed by atoms with Gasteiger partial charge >= 0.3 is 0 Å². The Morgan fingerprint density at radius 1 is 1.30 bits per heavy atom. The van der Waals surface area contributed by atoms with Crippen molar-refractivity contribution in [2.24, 2.45) is 0 Å². The van der Waals surface area contributed by atoms with E-state index in [-0.39, 0.29) is 11.1 Å². The van der Waals surface area contributed by atoms with Gasteiger partial charge in [-0.3, -0.25) is 9.78 Å². The molecule has 0 saturated heterocycles. The first-order valence-electron chi connectivity index (χ1n) is 7.74. The first kappa shape index (κ1) is 17.1. The van der Waals surface area contributed by atoms with Crippen molar-refractivity contribution in [2.45, 2.75) is 39.5 Å². The molecule has 0 aliphatic heterocycles. The van der Waals surface area contributed by atoms with E-state index in [1.807, 2.05) is 0 Å². The molecule has 0 fully saturated rings. The van der Waals surface area contributed by atoms with Crippen molar-refractivity contribution in [2.75, 3.05) is 11.9 Å². The SMILES string of the molecule is CCCCNc1nc(C(C)c2c(F)cccc2F)c(C)c(=O)[nH]1. The lowest BCUT2D eigenvalue weighted by atomic mass is 9.94. The predicted molar refractivity (Wildman–Crippen MR) is 86.9 cm³/mol. The van der Waals surface area contributed by atoms with E-state index in [4.69, 9.17) is 0 Å². The van der Waals surface area contributed by atoms with Gasteiger partial charge in [0.1, 0.15) is 11.6 Å². The van der Waals surface area contributed by atoms with E-state index >= 15 is 0 Å². The molecule has 6 heteroatoms. The first-order valence-corrected chi connectivity index (χ1v) is 7.74. The molecule has 1 aromatic heterocycles. The number of halogens is 2. The molecule has 2 N–H and O–H groups in total. The lowest BCUT2D eigenvalue weighted by molar-refractivity contribution is 0.544. The van der Waals surface area contributed by atoms with Gasteiger partial charge in [-0.2, -0.15) is 0 Å². The van der Waals surface area contributed by atoms with Crippen molar-refractivity contribution >= 4 is 5.95 Å². The Morgan fingerprint density at radius 3 is 2.57 bits per heavy atom. The topological polar surface area (TPSA) is 57.8 Å². The molecule has 0 aliphatic carbocycles. The minimum absolute atomic E-state index is 0.0757. The molecular weight excluding hydrogens is 300 g/mol. The molecule has 1 atom stereocenters. The van der Waals surface area contributed by atoms with Crippen LogP contribution in [0.15, 0.2) is 23.0 Å². The summed E-state index contributed by atoms with van der Waals surface area (Å²) < 4.78 is 28.0. The molecular formula is C17H21F2N3O. The smallest absolute Gasteiger partial charge is 0.255 e. The van der Waals surface area contributed by atoms with Gasteiger partial charge < -0.3 is 5.32 Å². The maximum atomic E-state index is 14.0. The van der Waals surface area contributed by atoms with Crippen molar-refractivity contribution in [3.63, 3.8) is 0 Å². The van der Waals surface area contributed by atoms with Crippen LogP contribution < -0.4 is 10.9 Å². The van der Waals surface area contributed by atoms with Crippen LogP contribution in [0.4, 0.5) is 14.7 Å². The highest BCUT2D eigenvalue weighted by Gasteiger charge is 2.22. The summed E-state index contributed by atoms with van der Waals surface area (Å²) in [6.07, 6.45) is 1.94. The molecule has 1 aromatic carbocycles. The van der Waals surface area contributed by atoms with Gasteiger partial charge in [0.05, 0.1) is 5.69 Å². The number of H-pyrrole nitrogens is 1. The Balaban J connectivity index is 2.43. The summed E-state index contributed by atoms with van der Waals surface area (Å²) in [5, 5.41) is 3.04. The Hall–Kier alpha value is -2.24. The number of aromatic amines is 1. The van der Waals surface area contributed by atoms with E-state index in [0.717, 1.165) is 12.8 Å². The van der Waals surface area contributed by atoms with E-state index < -0.39 is 17.6 Å². The van der Waals surface area contributed by atoms with Crippen LogP contribution >= 0.6 is 0 Å². The highest BCUT2D eigenvalue weighted by Crippen LogP contribution is 2.28. The monoisotopic (exact) mass is 321 g/mol. The molecule has 0 radical (unpaired) electrons. The van der Waals surface area contributed by atoms with Crippen molar-refractivity contribution in [3.8, 4) is 0 Å². The first-order chi connectivity index (χ1) is 11.0.